The van der Waals surface area contributed by atoms with Gasteiger partial charge in [0, 0.05) is 0 Å². The molecule has 0 amide bonds. The Hall–Kier alpha value is 0.430. The summed E-state index contributed by atoms with van der Waals surface area (Å²) in [6.07, 6.45) is -1.27. The van der Waals surface area contributed by atoms with Gasteiger partial charge in [0.15, 0.2) is 0 Å². The van der Waals surface area contributed by atoms with Crippen molar-refractivity contribution in [2.45, 2.75) is 3.98 Å². The lowest BCUT2D eigenvalue weighted by Gasteiger charge is -2.07. The quantitative estimate of drug-likeness (QED) is 0.459. The van der Waals surface area contributed by atoms with Crippen LogP contribution in [0.5, 0.6) is 0 Å². The molecule has 0 saturated heterocycles. The number of halogens is 4. The van der Waals surface area contributed by atoms with Crippen LogP contribution in [0.3, 0.4) is 0 Å². The smallest absolute Gasteiger partial charge is 0.381 e. The Morgan fingerprint density at radius 3 is 1.89 bits per heavy atom. The largest absolute Gasteiger partial charge is 0.530 e. The van der Waals surface area contributed by atoms with E-state index in [-0.39, 0.29) is 0 Å². The van der Waals surface area contributed by atoms with Gasteiger partial charge in [-0.05, 0) is 34.8 Å². The number of ether oxygens (including phenoxy) is 1. The molecule has 0 aliphatic carbocycles. The number of carbonyl (C=O) groups excluding carboxylic acids is 1. The molecule has 0 aromatic heterocycles. The number of hydrogen-bond acceptors (Lipinski definition) is 3. The van der Waals surface area contributed by atoms with E-state index in [9.17, 15) is 4.79 Å². The van der Waals surface area contributed by atoms with Gasteiger partial charge in [-0.3, -0.25) is 0 Å². The summed E-state index contributed by atoms with van der Waals surface area (Å²) in [6, 6.07) is 0. The molecule has 0 fully saturated rings. The molecule has 0 heterocycles. The molecule has 0 aliphatic heterocycles. The van der Waals surface area contributed by atoms with Gasteiger partial charge in [-0.2, -0.15) is 0 Å². The third kappa shape index (κ3) is 6.31. The first-order chi connectivity index (χ1) is 3.95. The van der Waals surface area contributed by atoms with Gasteiger partial charge in [0.25, 0.3) is 0 Å². The minimum absolute atomic E-state index is 1.27. The molecule has 0 radical (unpaired) electrons. The Balaban J connectivity index is 3.60. The Labute approximate surface area is 70.9 Å². The summed E-state index contributed by atoms with van der Waals surface area (Å²) in [7, 11) is 0. The summed E-state index contributed by atoms with van der Waals surface area (Å²) >= 11 is 19.4. The van der Waals surface area contributed by atoms with E-state index in [2.05, 4.69) is 20.9 Å². The Bertz CT molecular complexity index is 107. The fraction of sp³-hybridized carbons (Fsp3) is 0.500. The van der Waals surface area contributed by atoms with Gasteiger partial charge < -0.3 is 9.03 Å². The molecule has 3 nitrogen and oxygen atoms in total. The zero-order chi connectivity index (χ0) is 7.49. The third-order valence-corrected chi connectivity index (χ3v) is 0.619. The maximum absolute atomic E-state index is 10.00. The van der Waals surface area contributed by atoms with Crippen LogP contribution in [0.25, 0.3) is 0 Å². The first kappa shape index (κ1) is 9.43. The van der Waals surface area contributed by atoms with Crippen LogP contribution < -0.4 is 0 Å². The van der Waals surface area contributed by atoms with Gasteiger partial charge in [0.05, 0.1) is 0 Å². The van der Waals surface area contributed by atoms with Gasteiger partial charge in [-0.15, -0.1) is 0 Å². The van der Waals surface area contributed by atoms with E-state index < -0.39 is 10.1 Å². The lowest BCUT2D eigenvalue weighted by Crippen LogP contribution is -2.14. The summed E-state index contributed by atoms with van der Waals surface area (Å²) in [6.45, 7) is 0. The average Bonchev–Trinajstić information content (AvgIpc) is 1.62. The monoisotopic (exact) mass is 212 g/mol. The van der Waals surface area contributed by atoms with E-state index in [1.165, 1.54) is 0 Å². The van der Waals surface area contributed by atoms with Crippen molar-refractivity contribution in [1.82, 2.24) is 0 Å². The zero-order valence-electron chi connectivity index (χ0n) is 3.74. The molecule has 0 unspecified atom stereocenters. The minimum Gasteiger partial charge on any atom is -0.381 e. The average molecular weight is 214 g/mol. The van der Waals surface area contributed by atoms with E-state index in [1.807, 2.05) is 0 Å². The van der Waals surface area contributed by atoms with Crippen LogP contribution >= 0.6 is 46.7 Å². The second-order valence-corrected chi connectivity index (χ2v) is 3.21. The zero-order valence-corrected chi connectivity index (χ0v) is 6.76. The number of rotatable bonds is 0. The van der Waals surface area contributed by atoms with Crippen molar-refractivity contribution in [2.24, 2.45) is 0 Å². The van der Waals surface area contributed by atoms with E-state index in [0.717, 1.165) is 0 Å². The van der Waals surface area contributed by atoms with Crippen LogP contribution in [-0.2, 0) is 9.03 Å². The molecular weight excluding hydrogens is 214 g/mol. The molecule has 0 aliphatic rings. The fourth-order valence-electron chi connectivity index (χ4n) is 0.110. The Morgan fingerprint density at radius 2 is 1.78 bits per heavy atom. The van der Waals surface area contributed by atoms with Crippen LogP contribution in [0.2, 0.25) is 0 Å². The second kappa shape index (κ2) is 3.56. The van der Waals surface area contributed by atoms with Crippen molar-refractivity contribution < 1.29 is 13.8 Å². The van der Waals surface area contributed by atoms with Crippen molar-refractivity contribution in [3.8, 4) is 0 Å². The van der Waals surface area contributed by atoms with Crippen molar-refractivity contribution in [2.75, 3.05) is 0 Å². The van der Waals surface area contributed by atoms with Gasteiger partial charge in [-0.25, -0.2) is 4.79 Å². The first-order valence-electron chi connectivity index (χ1n) is 1.54. The van der Waals surface area contributed by atoms with Gasteiger partial charge in [-0.1, -0.05) is 0 Å². The molecule has 0 bridgehead atoms. The van der Waals surface area contributed by atoms with Crippen molar-refractivity contribution in [3.63, 3.8) is 0 Å². The van der Waals surface area contributed by atoms with Crippen molar-refractivity contribution >= 4 is 52.8 Å². The summed E-state index contributed by atoms with van der Waals surface area (Å²) in [5.41, 5.74) is 0. The van der Waals surface area contributed by atoms with Crippen molar-refractivity contribution in [3.05, 3.63) is 0 Å². The standard InChI is InChI=1S/C2Cl4O3/c3-2(4,5)8-1(7)9-6. The van der Waals surface area contributed by atoms with Gasteiger partial charge in [0.1, 0.15) is 11.9 Å². The maximum atomic E-state index is 10.00. The summed E-state index contributed by atoms with van der Waals surface area (Å²) < 4.78 is 5.25. The van der Waals surface area contributed by atoms with E-state index in [1.54, 1.807) is 0 Å². The number of alkyl halides is 3. The number of carbonyl (C=O) groups is 1. The minimum atomic E-state index is -2.12. The van der Waals surface area contributed by atoms with Crippen LogP contribution in [0, 0.1) is 0 Å². The molecule has 0 spiro atoms. The predicted molar refractivity (Wildman–Crippen MR) is 33.7 cm³/mol. The fourth-order valence-corrected chi connectivity index (χ4v) is 0.331. The lowest BCUT2D eigenvalue weighted by molar-refractivity contribution is 0.100. The number of hydrogen-bond donors (Lipinski definition) is 0. The highest BCUT2D eigenvalue weighted by Gasteiger charge is 2.26. The highest BCUT2D eigenvalue weighted by molar-refractivity contribution is 6.66. The third-order valence-electron chi connectivity index (χ3n) is 0.262. The molecule has 0 aromatic rings. The molecule has 0 N–H and O–H groups in total. The predicted octanol–water partition coefficient (Wildman–Crippen LogP) is 2.62. The molecule has 7 heteroatoms. The first-order valence-corrected chi connectivity index (χ1v) is 2.98. The normalized spacial score (nSPS) is 10.7. The topological polar surface area (TPSA) is 35.5 Å². The van der Waals surface area contributed by atoms with Gasteiger partial charge in [0.2, 0.25) is 0 Å². The van der Waals surface area contributed by atoms with Crippen molar-refractivity contribution in [1.29, 1.82) is 0 Å². The Morgan fingerprint density at radius 1 is 1.33 bits per heavy atom. The molecule has 9 heavy (non-hydrogen) atoms. The molecule has 0 atom stereocenters. The second-order valence-electron chi connectivity index (χ2n) is 0.875. The SMILES string of the molecule is O=C(OCl)OC(Cl)(Cl)Cl. The highest BCUT2D eigenvalue weighted by Crippen LogP contribution is 2.27. The van der Waals surface area contributed by atoms with E-state index in [0.29, 0.717) is 0 Å². The summed E-state index contributed by atoms with van der Waals surface area (Å²) in [5.74, 6) is 0. The van der Waals surface area contributed by atoms with E-state index in [4.69, 9.17) is 34.8 Å². The summed E-state index contributed by atoms with van der Waals surface area (Å²) in [4.78, 5) is 10.00. The van der Waals surface area contributed by atoms with Crippen LogP contribution in [0.4, 0.5) is 4.79 Å². The van der Waals surface area contributed by atoms with Crippen LogP contribution in [0.15, 0.2) is 0 Å². The highest BCUT2D eigenvalue weighted by atomic mass is 35.6. The molecule has 0 saturated carbocycles. The lowest BCUT2D eigenvalue weighted by atomic mass is 11.3. The van der Waals surface area contributed by atoms with E-state index >= 15 is 0 Å². The molecular formula is C2Cl4O3. The molecule has 54 valence electrons. The molecule has 0 rings (SSSR count). The molecule has 0 aromatic carbocycles. The van der Waals surface area contributed by atoms with Crippen LogP contribution in [0.1, 0.15) is 0 Å². The maximum Gasteiger partial charge on any atom is 0.530 e. The summed E-state index contributed by atoms with van der Waals surface area (Å²) in [5, 5.41) is 0. The van der Waals surface area contributed by atoms with Gasteiger partial charge >= 0.3 is 10.1 Å². The Kier molecular flexibility index (Phi) is 3.73. The van der Waals surface area contributed by atoms with Crippen LogP contribution in [-0.4, -0.2) is 10.1 Å².